The first-order valence-corrected chi connectivity index (χ1v) is 6.65. The number of aromatic nitrogens is 1. The summed E-state index contributed by atoms with van der Waals surface area (Å²) >= 11 is 0. The number of aromatic carboxylic acids is 1. The zero-order valence-electron chi connectivity index (χ0n) is 11.6. The first-order valence-electron chi connectivity index (χ1n) is 6.65. The number of carbonyl (C=O) groups is 1. The van der Waals surface area contributed by atoms with Crippen LogP contribution in [0.1, 0.15) is 16.1 Å². The Bertz CT molecular complexity index is 790. The summed E-state index contributed by atoms with van der Waals surface area (Å²) in [7, 11) is 1.74. The maximum atomic E-state index is 11.2. The van der Waals surface area contributed by atoms with Crippen LogP contribution in [0, 0.1) is 0 Å². The first-order chi connectivity index (χ1) is 10.2. The molecule has 0 radical (unpaired) electrons. The van der Waals surface area contributed by atoms with Crippen LogP contribution in [0.4, 0.5) is 0 Å². The molecule has 0 bridgehead atoms. The summed E-state index contributed by atoms with van der Waals surface area (Å²) in [5.41, 5.74) is 2.12. The van der Waals surface area contributed by atoms with Gasteiger partial charge >= 0.3 is 5.97 Å². The monoisotopic (exact) mass is 281 g/mol. The van der Waals surface area contributed by atoms with Crippen LogP contribution in [0.2, 0.25) is 0 Å². The van der Waals surface area contributed by atoms with E-state index in [1.54, 1.807) is 17.7 Å². The lowest BCUT2D eigenvalue weighted by atomic mass is 10.2. The number of ether oxygens (including phenoxy) is 1. The van der Waals surface area contributed by atoms with Crippen LogP contribution in [0.25, 0.3) is 10.9 Å². The van der Waals surface area contributed by atoms with Crippen molar-refractivity contribution in [3.63, 3.8) is 0 Å². The molecule has 0 spiro atoms. The van der Waals surface area contributed by atoms with Crippen molar-refractivity contribution in [1.29, 1.82) is 0 Å². The molecule has 0 amide bonds. The summed E-state index contributed by atoms with van der Waals surface area (Å²) in [6.07, 6.45) is 0. The van der Waals surface area contributed by atoms with Crippen LogP contribution >= 0.6 is 0 Å². The van der Waals surface area contributed by atoms with E-state index in [1.165, 1.54) is 0 Å². The molecular weight excluding hydrogens is 266 g/mol. The molecular formula is C17H15NO3. The lowest BCUT2D eigenvalue weighted by Gasteiger charge is -2.09. The van der Waals surface area contributed by atoms with Crippen LogP contribution in [0.5, 0.6) is 5.75 Å². The van der Waals surface area contributed by atoms with Gasteiger partial charge in [0, 0.05) is 12.4 Å². The van der Waals surface area contributed by atoms with E-state index in [-0.39, 0.29) is 5.69 Å². The van der Waals surface area contributed by atoms with Crippen molar-refractivity contribution in [2.45, 2.75) is 6.61 Å². The molecule has 3 aromatic rings. The standard InChI is InChI=1S/C17H15NO3/c1-18-14(17(19)20)10-13-8-5-9-15(16(13)18)21-11-12-6-3-2-4-7-12/h2-10H,11H2,1H3,(H,19,20). The topological polar surface area (TPSA) is 51.5 Å². The third-order valence-corrected chi connectivity index (χ3v) is 3.48. The van der Waals surface area contributed by atoms with Gasteiger partial charge in [-0.25, -0.2) is 4.79 Å². The zero-order valence-corrected chi connectivity index (χ0v) is 11.6. The average molecular weight is 281 g/mol. The zero-order chi connectivity index (χ0) is 14.8. The Morgan fingerprint density at radius 3 is 2.62 bits per heavy atom. The number of carboxylic acid groups (broad SMARTS) is 1. The highest BCUT2D eigenvalue weighted by Gasteiger charge is 2.15. The van der Waals surface area contributed by atoms with Gasteiger partial charge in [-0.05, 0) is 17.7 Å². The molecule has 0 saturated carbocycles. The number of fused-ring (bicyclic) bond motifs is 1. The second-order valence-electron chi connectivity index (χ2n) is 4.86. The highest BCUT2D eigenvalue weighted by atomic mass is 16.5. The maximum absolute atomic E-state index is 11.2. The fraction of sp³-hybridized carbons (Fsp3) is 0.118. The second-order valence-corrected chi connectivity index (χ2v) is 4.86. The maximum Gasteiger partial charge on any atom is 0.352 e. The highest BCUT2D eigenvalue weighted by Crippen LogP contribution is 2.28. The van der Waals surface area contributed by atoms with Gasteiger partial charge in [0.1, 0.15) is 18.1 Å². The molecule has 0 aliphatic heterocycles. The van der Waals surface area contributed by atoms with Crippen molar-refractivity contribution < 1.29 is 14.6 Å². The van der Waals surface area contributed by atoms with E-state index >= 15 is 0 Å². The van der Waals surface area contributed by atoms with Crippen LogP contribution in [-0.4, -0.2) is 15.6 Å². The normalized spacial score (nSPS) is 10.7. The number of aryl methyl sites for hydroxylation is 1. The molecule has 1 aromatic heterocycles. The predicted molar refractivity (Wildman–Crippen MR) is 80.7 cm³/mol. The van der Waals surface area contributed by atoms with Gasteiger partial charge in [0.2, 0.25) is 0 Å². The fourth-order valence-electron chi connectivity index (χ4n) is 2.44. The summed E-state index contributed by atoms with van der Waals surface area (Å²) in [6, 6.07) is 17.1. The molecule has 21 heavy (non-hydrogen) atoms. The predicted octanol–water partition coefficient (Wildman–Crippen LogP) is 3.46. The number of benzene rings is 2. The number of carboxylic acids is 1. The van der Waals surface area contributed by atoms with Crippen molar-refractivity contribution in [1.82, 2.24) is 4.57 Å². The summed E-state index contributed by atoms with van der Waals surface area (Å²) < 4.78 is 7.52. The number of rotatable bonds is 4. The lowest BCUT2D eigenvalue weighted by Crippen LogP contribution is -2.04. The molecule has 1 heterocycles. The van der Waals surface area contributed by atoms with Gasteiger partial charge in [-0.3, -0.25) is 0 Å². The van der Waals surface area contributed by atoms with Gasteiger partial charge in [-0.1, -0.05) is 42.5 Å². The van der Waals surface area contributed by atoms with Crippen molar-refractivity contribution >= 4 is 16.9 Å². The molecule has 0 fully saturated rings. The molecule has 106 valence electrons. The minimum atomic E-state index is -0.942. The Balaban J connectivity index is 1.97. The molecule has 2 aromatic carbocycles. The van der Waals surface area contributed by atoms with E-state index in [1.807, 2.05) is 48.5 Å². The third-order valence-electron chi connectivity index (χ3n) is 3.48. The Kier molecular flexibility index (Phi) is 3.36. The number of hydrogen-bond acceptors (Lipinski definition) is 2. The van der Waals surface area contributed by atoms with E-state index in [9.17, 15) is 9.90 Å². The minimum absolute atomic E-state index is 0.251. The molecule has 0 aliphatic rings. The van der Waals surface area contributed by atoms with E-state index in [2.05, 4.69) is 0 Å². The van der Waals surface area contributed by atoms with Gasteiger partial charge in [0.05, 0.1) is 5.52 Å². The second kappa shape index (κ2) is 5.32. The Morgan fingerprint density at radius 1 is 1.14 bits per heavy atom. The highest BCUT2D eigenvalue weighted by molar-refractivity contribution is 5.96. The van der Waals surface area contributed by atoms with Crippen molar-refractivity contribution in [3.8, 4) is 5.75 Å². The molecule has 0 aliphatic carbocycles. The van der Waals surface area contributed by atoms with Gasteiger partial charge in [0.15, 0.2) is 0 Å². The summed E-state index contributed by atoms with van der Waals surface area (Å²) in [6.45, 7) is 0.452. The largest absolute Gasteiger partial charge is 0.487 e. The Labute approximate surface area is 122 Å². The first kappa shape index (κ1) is 13.2. The van der Waals surface area contributed by atoms with E-state index in [0.717, 1.165) is 16.5 Å². The fourth-order valence-corrected chi connectivity index (χ4v) is 2.44. The third kappa shape index (κ3) is 2.48. The number of nitrogens with zero attached hydrogens (tertiary/aromatic N) is 1. The Morgan fingerprint density at radius 2 is 1.90 bits per heavy atom. The van der Waals surface area contributed by atoms with E-state index in [4.69, 9.17) is 4.74 Å². The summed E-state index contributed by atoms with van der Waals surface area (Å²) in [4.78, 5) is 11.2. The molecule has 3 rings (SSSR count). The van der Waals surface area contributed by atoms with Gasteiger partial charge < -0.3 is 14.4 Å². The lowest BCUT2D eigenvalue weighted by molar-refractivity contribution is 0.0687. The summed E-state index contributed by atoms with van der Waals surface area (Å²) in [5, 5.41) is 10.1. The van der Waals surface area contributed by atoms with Crippen molar-refractivity contribution in [3.05, 3.63) is 65.9 Å². The van der Waals surface area contributed by atoms with Crippen LogP contribution in [0.15, 0.2) is 54.6 Å². The van der Waals surface area contributed by atoms with Gasteiger partial charge in [-0.15, -0.1) is 0 Å². The van der Waals surface area contributed by atoms with Crippen molar-refractivity contribution in [2.75, 3.05) is 0 Å². The number of hydrogen-bond donors (Lipinski definition) is 1. The van der Waals surface area contributed by atoms with Crippen LogP contribution < -0.4 is 4.74 Å². The number of para-hydroxylation sites is 1. The van der Waals surface area contributed by atoms with E-state index < -0.39 is 5.97 Å². The van der Waals surface area contributed by atoms with Gasteiger partial charge in [0.25, 0.3) is 0 Å². The molecule has 0 atom stereocenters. The smallest absolute Gasteiger partial charge is 0.352 e. The SMILES string of the molecule is Cn1c(C(=O)O)cc2cccc(OCc3ccccc3)c21. The van der Waals surface area contributed by atoms with Crippen LogP contribution in [0.3, 0.4) is 0 Å². The molecule has 0 unspecified atom stereocenters. The van der Waals surface area contributed by atoms with Crippen molar-refractivity contribution in [2.24, 2.45) is 7.05 Å². The molecule has 0 saturated heterocycles. The van der Waals surface area contributed by atoms with Gasteiger partial charge in [-0.2, -0.15) is 0 Å². The Hall–Kier alpha value is -2.75. The molecule has 4 heteroatoms. The van der Waals surface area contributed by atoms with E-state index in [0.29, 0.717) is 12.4 Å². The molecule has 1 N–H and O–H groups in total. The average Bonchev–Trinajstić information content (AvgIpc) is 2.84. The minimum Gasteiger partial charge on any atom is -0.487 e. The quantitative estimate of drug-likeness (QED) is 0.796. The molecule has 4 nitrogen and oxygen atoms in total. The van der Waals surface area contributed by atoms with Crippen LogP contribution in [-0.2, 0) is 13.7 Å². The summed E-state index contributed by atoms with van der Waals surface area (Å²) in [5.74, 6) is -0.255.